The van der Waals surface area contributed by atoms with Crippen molar-refractivity contribution in [2.75, 3.05) is 0 Å². The molecule has 0 aromatic heterocycles. The molecule has 1 aromatic rings. The Kier molecular flexibility index (Phi) is 2.25. The molecular formula is C7H4BrF2O. The Morgan fingerprint density at radius 1 is 1.18 bits per heavy atom. The first-order valence-electron chi connectivity index (χ1n) is 2.84. The lowest BCUT2D eigenvalue weighted by Crippen LogP contribution is -2.08. The lowest BCUT2D eigenvalue weighted by atomic mass is 10.2. The van der Waals surface area contributed by atoms with Crippen LogP contribution in [0.15, 0.2) is 28.7 Å². The molecule has 0 aliphatic rings. The van der Waals surface area contributed by atoms with Crippen molar-refractivity contribution in [2.24, 2.45) is 0 Å². The minimum Gasteiger partial charge on any atom is -0.168 e. The Labute approximate surface area is 70.8 Å². The highest BCUT2D eigenvalue weighted by Gasteiger charge is 2.29. The summed E-state index contributed by atoms with van der Waals surface area (Å²) < 4.78 is 24.7. The average Bonchev–Trinajstić information content (AvgIpc) is 1.86. The quantitative estimate of drug-likeness (QED) is 0.696. The molecule has 1 radical (unpaired) electrons. The molecule has 0 saturated carbocycles. The number of halogens is 3. The SMILES string of the molecule is [O]C(F)(F)c1ccc(Br)cc1. The fourth-order valence-corrected chi connectivity index (χ4v) is 0.908. The summed E-state index contributed by atoms with van der Waals surface area (Å²) >= 11 is 3.07. The van der Waals surface area contributed by atoms with Crippen LogP contribution < -0.4 is 0 Å². The molecule has 0 N–H and O–H groups in total. The largest absolute Gasteiger partial charge is 0.408 e. The Morgan fingerprint density at radius 3 is 2.00 bits per heavy atom. The molecule has 0 spiro atoms. The maximum Gasteiger partial charge on any atom is 0.408 e. The van der Waals surface area contributed by atoms with E-state index in [0.717, 1.165) is 12.1 Å². The summed E-state index contributed by atoms with van der Waals surface area (Å²) in [5.41, 5.74) is -0.513. The lowest BCUT2D eigenvalue weighted by Gasteiger charge is -2.05. The van der Waals surface area contributed by atoms with Crippen LogP contribution in [0.4, 0.5) is 8.78 Å². The minimum atomic E-state index is -3.99. The van der Waals surface area contributed by atoms with Crippen molar-refractivity contribution < 1.29 is 13.9 Å². The maximum absolute atomic E-state index is 12.0. The Hall–Kier alpha value is -0.480. The third-order valence-corrected chi connectivity index (χ3v) is 1.71. The van der Waals surface area contributed by atoms with Crippen LogP contribution in [0.25, 0.3) is 0 Å². The molecular weight excluding hydrogens is 218 g/mol. The highest BCUT2D eigenvalue weighted by Crippen LogP contribution is 2.25. The number of benzene rings is 1. The molecule has 0 fully saturated rings. The van der Waals surface area contributed by atoms with Crippen LogP contribution in [0, 0.1) is 0 Å². The monoisotopic (exact) mass is 221 g/mol. The van der Waals surface area contributed by atoms with Gasteiger partial charge in [0.2, 0.25) is 0 Å². The summed E-state index contributed by atoms with van der Waals surface area (Å²) in [4.78, 5) is 0. The first-order chi connectivity index (χ1) is 5.00. The molecule has 0 heterocycles. The first kappa shape index (κ1) is 8.62. The zero-order chi connectivity index (χ0) is 8.48. The van der Waals surface area contributed by atoms with Gasteiger partial charge in [-0.3, -0.25) is 0 Å². The van der Waals surface area contributed by atoms with Crippen molar-refractivity contribution >= 4 is 15.9 Å². The van der Waals surface area contributed by atoms with E-state index >= 15 is 0 Å². The second-order valence-corrected chi connectivity index (χ2v) is 2.94. The van der Waals surface area contributed by atoms with E-state index in [4.69, 9.17) is 0 Å². The van der Waals surface area contributed by atoms with Gasteiger partial charge >= 0.3 is 6.11 Å². The van der Waals surface area contributed by atoms with Crippen molar-refractivity contribution in [1.82, 2.24) is 0 Å². The second-order valence-electron chi connectivity index (χ2n) is 2.02. The predicted molar refractivity (Wildman–Crippen MR) is 38.7 cm³/mol. The van der Waals surface area contributed by atoms with E-state index in [9.17, 15) is 13.9 Å². The summed E-state index contributed by atoms with van der Waals surface area (Å²) in [7, 11) is 0. The van der Waals surface area contributed by atoms with Gasteiger partial charge in [-0.2, -0.15) is 13.9 Å². The third-order valence-electron chi connectivity index (χ3n) is 1.18. The topological polar surface area (TPSA) is 19.9 Å². The van der Waals surface area contributed by atoms with Crippen molar-refractivity contribution in [3.8, 4) is 0 Å². The molecule has 1 rings (SSSR count). The summed E-state index contributed by atoms with van der Waals surface area (Å²) in [6, 6.07) is 5.00. The van der Waals surface area contributed by atoms with E-state index in [1.807, 2.05) is 0 Å². The van der Waals surface area contributed by atoms with Gasteiger partial charge in [0.1, 0.15) is 0 Å². The summed E-state index contributed by atoms with van der Waals surface area (Å²) in [5, 5.41) is 10.1. The summed E-state index contributed by atoms with van der Waals surface area (Å²) in [5.74, 6) is 0. The van der Waals surface area contributed by atoms with Crippen LogP contribution in [-0.2, 0) is 11.2 Å². The van der Waals surface area contributed by atoms with Gasteiger partial charge in [-0.15, -0.1) is 0 Å². The molecule has 11 heavy (non-hydrogen) atoms. The van der Waals surface area contributed by atoms with Gasteiger partial charge in [-0.25, -0.2) is 0 Å². The van der Waals surface area contributed by atoms with Crippen molar-refractivity contribution in [3.05, 3.63) is 34.3 Å². The van der Waals surface area contributed by atoms with Gasteiger partial charge in [-0.05, 0) is 24.3 Å². The summed E-state index contributed by atoms with van der Waals surface area (Å²) in [6.45, 7) is 0. The molecule has 0 aliphatic carbocycles. The number of alkyl halides is 2. The van der Waals surface area contributed by atoms with E-state index in [1.54, 1.807) is 0 Å². The molecule has 0 atom stereocenters. The predicted octanol–water partition coefficient (Wildman–Crippen LogP) is 2.93. The fourth-order valence-electron chi connectivity index (χ4n) is 0.644. The van der Waals surface area contributed by atoms with E-state index in [2.05, 4.69) is 15.9 Å². The number of hydrogen-bond acceptors (Lipinski definition) is 0. The first-order valence-corrected chi connectivity index (χ1v) is 3.64. The minimum absolute atomic E-state index is 0.513. The zero-order valence-corrected chi connectivity index (χ0v) is 6.94. The smallest absolute Gasteiger partial charge is 0.168 e. The molecule has 0 unspecified atom stereocenters. The Bertz CT molecular complexity index is 240. The van der Waals surface area contributed by atoms with Gasteiger partial charge in [0.05, 0.1) is 5.56 Å². The molecule has 1 aromatic carbocycles. The van der Waals surface area contributed by atoms with Crippen LogP contribution in [0.5, 0.6) is 0 Å². The van der Waals surface area contributed by atoms with E-state index in [-0.39, 0.29) is 0 Å². The summed E-state index contributed by atoms with van der Waals surface area (Å²) in [6.07, 6.45) is -3.99. The fraction of sp³-hybridized carbons (Fsp3) is 0.143. The maximum atomic E-state index is 12.0. The highest BCUT2D eigenvalue weighted by molar-refractivity contribution is 9.10. The van der Waals surface area contributed by atoms with Gasteiger partial charge in [0, 0.05) is 4.47 Å². The van der Waals surface area contributed by atoms with E-state index in [1.165, 1.54) is 12.1 Å². The molecule has 59 valence electrons. The van der Waals surface area contributed by atoms with E-state index < -0.39 is 11.7 Å². The van der Waals surface area contributed by atoms with Crippen LogP contribution in [0.2, 0.25) is 0 Å². The molecule has 1 nitrogen and oxygen atoms in total. The van der Waals surface area contributed by atoms with Crippen LogP contribution in [0.3, 0.4) is 0 Å². The van der Waals surface area contributed by atoms with Crippen LogP contribution in [-0.4, -0.2) is 0 Å². The van der Waals surface area contributed by atoms with Crippen LogP contribution in [0.1, 0.15) is 5.56 Å². The van der Waals surface area contributed by atoms with Crippen molar-refractivity contribution in [1.29, 1.82) is 0 Å². The second kappa shape index (κ2) is 2.87. The number of hydrogen-bond donors (Lipinski definition) is 0. The van der Waals surface area contributed by atoms with Gasteiger partial charge in [0.15, 0.2) is 0 Å². The number of rotatable bonds is 1. The lowest BCUT2D eigenvalue weighted by molar-refractivity contribution is -0.252. The Morgan fingerprint density at radius 2 is 1.64 bits per heavy atom. The normalized spacial score (nSPS) is 11.6. The Balaban J connectivity index is 2.99. The van der Waals surface area contributed by atoms with E-state index in [0.29, 0.717) is 4.47 Å². The molecule has 0 bridgehead atoms. The van der Waals surface area contributed by atoms with Gasteiger partial charge < -0.3 is 0 Å². The molecule has 0 aliphatic heterocycles. The molecule has 4 heteroatoms. The third kappa shape index (κ3) is 2.24. The van der Waals surface area contributed by atoms with Crippen molar-refractivity contribution in [3.63, 3.8) is 0 Å². The van der Waals surface area contributed by atoms with Gasteiger partial charge in [-0.1, -0.05) is 15.9 Å². The highest BCUT2D eigenvalue weighted by atomic mass is 79.9. The van der Waals surface area contributed by atoms with Crippen molar-refractivity contribution in [2.45, 2.75) is 6.11 Å². The zero-order valence-electron chi connectivity index (χ0n) is 5.35. The van der Waals surface area contributed by atoms with Crippen LogP contribution >= 0.6 is 15.9 Å². The van der Waals surface area contributed by atoms with Gasteiger partial charge in [0.25, 0.3) is 0 Å². The molecule has 0 amide bonds. The average molecular weight is 222 g/mol. The standard InChI is InChI=1S/C7H4BrF2O/c8-6-3-1-5(2-4-6)7(9,10)11/h1-4H. The molecule has 0 saturated heterocycles.